The molecule has 0 aromatic heterocycles. The van der Waals surface area contributed by atoms with E-state index >= 15 is 0 Å². The van der Waals surface area contributed by atoms with E-state index in [2.05, 4.69) is 11.4 Å². The maximum Gasteiger partial charge on any atom is 0.253 e. The third-order valence-electron chi connectivity index (χ3n) is 3.88. The molecule has 1 saturated heterocycles. The number of likely N-dealkylation sites (N-methyl/N-ethyl adjacent to an activating group) is 1. The predicted octanol–water partition coefficient (Wildman–Crippen LogP) is 2.27. The second kappa shape index (κ2) is 5.02. The molecule has 2 aromatic rings. The zero-order valence-corrected chi connectivity index (χ0v) is 11.1. The van der Waals surface area contributed by atoms with E-state index in [4.69, 9.17) is 0 Å². The molecule has 3 rings (SSSR count). The molecule has 2 aromatic carbocycles. The molecule has 98 valence electrons. The van der Waals surface area contributed by atoms with Gasteiger partial charge in [-0.3, -0.25) is 4.79 Å². The van der Waals surface area contributed by atoms with E-state index in [1.165, 1.54) is 5.39 Å². The van der Waals surface area contributed by atoms with Crippen LogP contribution in [0, 0.1) is 0 Å². The zero-order chi connectivity index (χ0) is 13.2. The number of benzene rings is 2. The lowest BCUT2D eigenvalue weighted by Gasteiger charge is -2.16. The number of rotatable bonds is 2. The van der Waals surface area contributed by atoms with Crippen LogP contribution < -0.4 is 5.32 Å². The van der Waals surface area contributed by atoms with Crippen molar-refractivity contribution in [3.8, 4) is 0 Å². The highest BCUT2D eigenvalue weighted by atomic mass is 16.2. The fraction of sp³-hybridized carbons (Fsp3) is 0.312. The average Bonchev–Trinajstić information content (AvgIpc) is 2.95. The molecule has 1 unspecified atom stereocenters. The zero-order valence-electron chi connectivity index (χ0n) is 11.1. The van der Waals surface area contributed by atoms with Crippen molar-refractivity contribution in [2.75, 3.05) is 20.1 Å². The number of likely N-dealkylation sites (tertiary alicyclic amines) is 1. The molecule has 1 fully saturated rings. The van der Waals surface area contributed by atoms with Gasteiger partial charge in [0.2, 0.25) is 0 Å². The summed E-state index contributed by atoms with van der Waals surface area (Å²) in [6, 6.07) is 14.5. The molecule has 1 atom stereocenters. The van der Waals surface area contributed by atoms with Crippen LogP contribution in [-0.2, 0) is 0 Å². The van der Waals surface area contributed by atoms with Crippen molar-refractivity contribution in [1.29, 1.82) is 0 Å². The van der Waals surface area contributed by atoms with Crippen LogP contribution in [0.2, 0.25) is 0 Å². The van der Waals surface area contributed by atoms with Crippen molar-refractivity contribution in [3.05, 3.63) is 48.0 Å². The van der Waals surface area contributed by atoms with Crippen molar-refractivity contribution < 1.29 is 4.79 Å². The second-order valence-corrected chi connectivity index (χ2v) is 5.09. The fourth-order valence-electron chi connectivity index (χ4n) is 2.69. The minimum absolute atomic E-state index is 0.142. The van der Waals surface area contributed by atoms with Crippen LogP contribution in [0.1, 0.15) is 16.8 Å². The Kier molecular flexibility index (Phi) is 3.22. The van der Waals surface area contributed by atoms with Crippen molar-refractivity contribution in [3.63, 3.8) is 0 Å². The lowest BCUT2D eigenvalue weighted by atomic mass is 10.1. The third-order valence-corrected chi connectivity index (χ3v) is 3.88. The highest BCUT2D eigenvalue weighted by molar-refractivity contribution is 5.98. The van der Waals surface area contributed by atoms with Crippen LogP contribution in [-0.4, -0.2) is 37.0 Å². The standard InChI is InChI=1S/C16H18N2O/c1-17-15-8-9-18(11-15)16(19)14-7-6-12-4-2-3-5-13(12)10-14/h2-7,10,15,17H,8-9,11H2,1H3. The van der Waals surface area contributed by atoms with Gasteiger partial charge in [-0.1, -0.05) is 30.3 Å². The Morgan fingerprint density at radius 1 is 1.21 bits per heavy atom. The summed E-state index contributed by atoms with van der Waals surface area (Å²) in [4.78, 5) is 14.4. The SMILES string of the molecule is CNC1CCN(C(=O)c2ccc3ccccc3c2)C1. The van der Waals surface area contributed by atoms with Gasteiger partial charge in [0.05, 0.1) is 0 Å². The number of hydrogen-bond acceptors (Lipinski definition) is 2. The van der Waals surface area contributed by atoms with Gasteiger partial charge in [-0.2, -0.15) is 0 Å². The monoisotopic (exact) mass is 254 g/mol. The van der Waals surface area contributed by atoms with Crippen molar-refractivity contribution in [2.24, 2.45) is 0 Å². The minimum Gasteiger partial charge on any atom is -0.337 e. The Balaban J connectivity index is 1.85. The lowest BCUT2D eigenvalue weighted by molar-refractivity contribution is 0.0790. The number of carbonyl (C=O) groups is 1. The third kappa shape index (κ3) is 2.34. The Labute approximate surface area is 113 Å². The van der Waals surface area contributed by atoms with Crippen LogP contribution in [0.3, 0.4) is 0 Å². The van der Waals surface area contributed by atoms with Gasteiger partial charge in [-0.05, 0) is 36.4 Å². The molecule has 1 heterocycles. The van der Waals surface area contributed by atoms with E-state index in [1.54, 1.807) is 0 Å². The van der Waals surface area contributed by atoms with Gasteiger partial charge < -0.3 is 10.2 Å². The van der Waals surface area contributed by atoms with E-state index in [0.717, 1.165) is 30.5 Å². The Morgan fingerprint density at radius 3 is 2.74 bits per heavy atom. The Bertz CT molecular complexity index is 608. The fourth-order valence-corrected chi connectivity index (χ4v) is 2.69. The van der Waals surface area contributed by atoms with Gasteiger partial charge in [-0.25, -0.2) is 0 Å². The first-order chi connectivity index (χ1) is 9.28. The number of carbonyl (C=O) groups excluding carboxylic acids is 1. The first-order valence-corrected chi connectivity index (χ1v) is 6.73. The summed E-state index contributed by atoms with van der Waals surface area (Å²) in [6.07, 6.45) is 1.04. The summed E-state index contributed by atoms with van der Waals surface area (Å²) in [6.45, 7) is 1.65. The van der Waals surface area contributed by atoms with E-state index in [-0.39, 0.29) is 5.91 Å². The molecule has 0 saturated carbocycles. The van der Waals surface area contributed by atoms with Gasteiger partial charge >= 0.3 is 0 Å². The molecule has 1 N–H and O–H groups in total. The van der Waals surface area contributed by atoms with Crippen molar-refractivity contribution >= 4 is 16.7 Å². The molecular formula is C16H18N2O. The van der Waals surface area contributed by atoms with Crippen LogP contribution in [0.25, 0.3) is 10.8 Å². The van der Waals surface area contributed by atoms with Crippen LogP contribution in [0.4, 0.5) is 0 Å². The summed E-state index contributed by atoms with van der Waals surface area (Å²) in [5.41, 5.74) is 0.787. The number of nitrogens with one attached hydrogen (secondary N) is 1. The van der Waals surface area contributed by atoms with Crippen LogP contribution in [0.15, 0.2) is 42.5 Å². The maximum atomic E-state index is 12.5. The topological polar surface area (TPSA) is 32.3 Å². The first kappa shape index (κ1) is 12.2. The molecule has 1 aliphatic heterocycles. The smallest absolute Gasteiger partial charge is 0.253 e. The minimum atomic E-state index is 0.142. The van der Waals surface area contributed by atoms with Gasteiger partial charge in [0.1, 0.15) is 0 Å². The predicted molar refractivity (Wildman–Crippen MR) is 77.3 cm³/mol. The molecule has 1 aliphatic rings. The second-order valence-electron chi connectivity index (χ2n) is 5.09. The summed E-state index contributed by atoms with van der Waals surface area (Å²) < 4.78 is 0. The van der Waals surface area contributed by atoms with Gasteiger partial charge in [0, 0.05) is 24.7 Å². The first-order valence-electron chi connectivity index (χ1n) is 6.73. The van der Waals surface area contributed by atoms with Crippen molar-refractivity contribution in [1.82, 2.24) is 10.2 Å². The highest BCUT2D eigenvalue weighted by Crippen LogP contribution is 2.19. The molecule has 0 aliphatic carbocycles. The number of nitrogens with zero attached hydrogens (tertiary/aromatic N) is 1. The molecule has 0 bridgehead atoms. The highest BCUT2D eigenvalue weighted by Gasteiger charge is 2.25. The molecule has 1 amide bonds. The summed E-state index contributed by atoms with van der Waals surface area (Å²) in [5, 5.41) is 5.53. The van der Waals surface area contributed by atoms with Crippen molar-refractivity contribution in [2.45, 2.75) is 12.5 Å². The van der Waals surface area contributed by atoms with Crippen LogP contribution in [0.5, 0.6) is 0 Å². The molecule has 19 heavy (non-hydrogen) atoms. The molecule has 3 heteroatoms. The number of hydrogen-bond donors (Lipinski definition) is 1. The quantitative estimate of drug-likeness (QED) is 0.891. The Morgan fingerprint density at radius 2 is 2.00 bits per heavy atom. The molecule has 0 radical (unpaired) electrons. The van der Waals surface area contributed by atoms with Gasteiger partial charge in [-0.15, -0.1) is 0 Å². The van der Waals surface area contributed by atoms with Crippen LogP contribution >= 0.6 is 0 Å². The largest absolute Gasteiger partial charge is 0.337 e. The van der Waals surface area contributed by atoms with E-state index < -0.39 is 0 Å². The number of fused-ring (bicyclic) bond motifs is 1. The Hall–Kier alpha value is -1.87. The summed E-state index contributed by atoms with van der Waals surface area (Å²) in [7, 11) is 1.95. The maximum absolute atomic E-state index is 12.5. The van der Waals surface area contributed by atoms with E-state index in [0.29, 0.717) is 6.04 Å². The number of amides is 1. The molecular weight excluding hydrogens is 236 g/mol. The van der Waals surface area contributed by atoms with E-state index in [9.17, 15) is 4.79 Å². The van der Waals surface area contributed by atoms with Gasteiger partial charge in [0.15, 0.2) is 0 Å². The summed E-state index contributed by atoms with van der Waals surface area (Å²) >= 11 is 0. The normalized spacial score (nSPS) is 19.0. The summed E-state index contributed by atoms with van der Waals surface area (Å²) in [5.74, 6) is 0.142. The molecule has 0 spiro atoms. The van der Waals surface area contributed by atoms with Gasteiger partial charge in [0.25, 0.3) is 5.91 Å². The molecule has 3 nitrogen and oxygen atoms in total. The van der Waals surface area contributed by atoms with E-state index in [1.807, 2.05) is 48.3 Å². The average molecular weight is 254 g/mol. The lowest BCUT2D eigenvalue weighted by Crippen LogP contribution is -2.33.